The molecule has 3 aromatic rings. The van der Waals surface area contributed by atoms with Crippen LogP contribution < -0.4 is 9.47 Å². The summed E-state index contributed by atoms with van der Waals surface area (Å²) < 4.78 is 26.4. The number of methoxy groups -OCH3 is 4. The molecular weight excluding hydrogens is 376 g/mol. The summed E-state index contributed by atoms with van der Waals surface area (Å²) >= 11 is 0. The van der Waals surface area contributed by atoms with Crippen molar-refractivity contribution in [3.8, 4) is 33.8 Å². The Morgan fingerprint density at radius 1 is 0.655 bits per heavy atom. The number of carbonyl (C=O) groups excluding carboxylic acids is 2. The van der Waals surface area contributed by atoms with Crippen molar-refractivity contribution in [1.82, 2.24) is 0 Å². The number of esters is 2. The molecule has 29 heavy (non-hydrogen) atoms. The maximum Gasteiger partial charge on any atom is 0.374 e. The molecule has 0 atom stereocenters. The van der Waals surface area contributed by atoms with Crippen molar-refractivity contribution in [3.05, 3.63) is 60.1 Å². The van der Waals surface area contributed by atoms with E-state index in [4.69, 9.17) is 23.4 Å². The lowest BCUT2D eigenvalue weighted by Crippen LogP contribution is -2.02. The van der Waals surface area contributed by atoms with Gasteiger partial charge in [-0.15, -0.1) is 0 Å². The highest BCUT2D eigenvalue weighted by molar-refractivity contribution is 6.08. The van der Waals surface area contributed by atoms with Gasteiger partial charge in [0, 0.05) is 22.3 Å². The lowest BCUT2D eigenvalue weighted by molar-refractivity contribution is 0.0532. The summed E-state index contributed by atoms with van der Waals surface area (Å²) in [4.78, 5) is 25.1. The molecule has 0 bridgehead atoms. The summed E-state index contributed by atoms with van der Waals surface area (Å²) in [6.07, 6.45) is 0. The number of ether oxygens (including phenoxy) is 4. The molecule has 0 amide bonds. The highest BCUT2D eigenvalue weighted by atomic mass is 16.6. The molecule has 0 spiro atoms. The van der Waals surface area contributed by atoms with E-state index >= 15 is 0 Å². The SMILES string of the molecule is COC(=O)c1oc(C(=O)OC)c(-c2ccccc2OC)c1-c1ccccc1OC. The fourth-order valence-electron chi connectivity index (χ4n) is 3.12. The number of benzene rings is 2. The van der Waals surface area contributed by atoms with Gasteiger partial charge in [-0.05, 0) is 12.1 Å². The van der Waals surface area contributed by atoms with Gasteiger partial charge in [0.05, 0.1) is 28.4 Å². The predicted octanol–water partition coefficient (Wildman–Crippen LogP) is 4.20. The normalized spacial score (nSPS) is 10.3. The minimum atomic E-state index is -0.739. The first kappa shape index (κ1) is 20.0. The van der Waals surface area contributed by atoms with Crippen LogP contribution in [-0.4, -0.2) is 40.4 Å². The molecule has 0 saturated heterocycles. The van der Waals surface area contributed by atoms with Crippen LogP contribution in [0.5, 0.6) is 11.5 Å². The maximum absolute atomic E-state index is 12.5. The van der Waals surface area contributed by atoms with Crippen LogP contribution in [0.4, 0.5) is 0 Å². The fraction of sp³-hybridized carbons (Fsp3) is 0.182. The summed E-state index contributed by atoms with van der Waals surface area (Å²) in [6, 6.07) is 14.2. The first-order valence-electron chi connectivity index (χ1n) is 8.67. The summed E-state index contributed by atoms with van der Waals surface area (Å²) in [7, 11) is 5.50. The number of carbonyl (C=O) groups is 2. The summed E-state index contributed by atoms with van der Waals surface area (Å²) in [5.41, 5.74) is 1.80. The standard InChI is InChI=1S/C22H20O7/c1-25-15-11-7-5-9-13(15)17-18(14-10-6-8-12-16(14)26-2)20(22(24)28-4)29-19(17)21(23)27-3/h5-12H,1-4H3. The van der Waals surface area contributed by atoms with Gasteiger partial charge < -0.3 is 23.4 Å². The Morgan fingerprint density at radius 2 is 1.03 bits per heavy atom. The van der Waals surface area contributed by atoms with Crippen molar-refractivity contribution >= 4 is 11.9 Å². The van der Waals surface area contributed by atoms with Crippen LogP contribution >= 0.6 is 0 Å². The molecule has 0 unspecified atom stereocenters. The number of para-hydroxylation sites is 2. The van der Waals surface area contributed by atoms with Gasteiger partial charge >= 0.3 is 11.9 Å². The number of hydrogen-bond donors (Lipinski definition) is 0. The molecule has 2 aromatic carbocycles. The third-order valence-corrected chi connectivity index (χ3v) is 4.40. The first-order valence-corrected chi connectivity index (χ1v) is 8.67. The van der Waals surface area contributed by atoms with Crippen LogP contribution in [0.25, 0.3) is 22.3 Å². The van der Waals surface area contributed by atoms with E-state index in [-0.39, 0.29) is 11.5 Å². The van der Waals surface area contributed by atoms with E-state index in [2.05, 4.69) is 0 Å². The van der Waals surface area contributed by atoms with Crippen LogP contribution in [0.1, 0.15) is 21.1 Å². The second kappa shape index (κ2) is 8.52. The molecule has 1 heterocycles. The van der Waals surface area contributed by atoms with Gasteiger partial charge in [0.2, 0.25) is 11.5 Å². The van der Waals surface area contributed by atoms with Gasteiger partial charge in [-0.3, -0.25) is 0 Å². The zero-order valence-electron chi connectivity index (χ0n) is 16.5. The highest BCUT2D eigenvalue weighted by Gasteiger charge is 2.33. The van der Waals surface area contributed by atoms with Gasteiger partial charge in [0.25, 0.3) is 0 Å². The molecule has 0 fully saturated rings. The Labute approximate surface area is 167 Å². The molecule has 0 aliphatic carbocycles. The average molecular weight is 396 g/mol. The van der Waals surface area contributed by atoms with Crippen LogP contribution in [0.15, 0.2) is 52.9 Å². The zero-order chi connectivity index (χ0) is 21.0. The van der Waals surface area contributed by atoms with E-state index in [1.807, 2.05) is 0 Å². The second-order valence-corrected chi connectivity index (χ2v) is 5.89. The smallest absolute Gasteiger partial charge is 0.374 e. The second-order valence-electron chi connectivity index (χ2n) is 5.89. The Balaban J connectivity index is 2.48. The highest BCUT2D eigenvalue weighted by Crippen LogP contribution is 2.46. The minimum absolute atomic E-state index is 0.140. The minimum Gasteiger partial charge on any atom is -0.496 e. The first-order chi connectivity index (χ1) is 14.1. The molecule has 0 aliphatic rings. The van der Waals surface area contributed by atoms with Crippen LogP contribution in [0.3, 0.4) is 0 Å². The van der Waals surface area contributed by atoms with Gasteiger partial charge in [0.1, 0.15) is 11.5 Å². The van der Waals surface area contributed by atoms with E-state index in [9.17, 15) is 9.59 Å². The topological polar surface area (TPSA) is 84.2 Å². The number of furan rings is 1. The van der Waals surface area contributed by atoms with Crippen LogP contribution in [0, 0.1) is 0 Å². The molecule has 1 aromatic heterocycles. The van der Waals surface area contributed by atoms with Crippen molar-refractivity contribution in [1.29, 1.82) is 0 Å². The Morgan fingerprint density at radius 3 is 1.38 bits per heavy atom. The van der Waals surface area contributed by atoms with Crippen molar-refractivity contribution < 1.29 is 33.0 Å². The zero-order valence-corrected chi connectivity index (χ0v) is 16.5. The van der Waals surface area contributed by atoms with E-state index in [0.717, 1.165) is 0 Å². The monoisotopic (exact) mass is 396 g/mol. The van der Waals surface area contributed by atoms with Gasteiger partial charge in [0.15, 0.2) is 0 Å². The van der Waals surface area contributed by atoms with Crippen LogP contribution in [0.2, 0.25) is 0 Å². The Kier molecular flexibility index (Phi) is 5.87. The van der Waals surface area contributed by atoms with E-state index in [1.165, 1.54) is 28.4 Å². The van der Waals surface area contributed by atoms with Gasteiger partial charge in [-0.1, -0.05) is 36.4 Å². The fourth-order valence-corrected chi connectivity index (χ4v) is 3.12. The Hall–Kier alpha value is -3.74. The molecule has 0 radical (unpaired) electrons. The lowest BCUT2D eigenvalue weighted by Gasteiger charge is -2.13. The molecule has 0 N–H and O–H groups in total. The summed E-state index contributed by atoms with van der Waals surface area (Å²) in [5, 5.41) is 0. The number of hydrogen-bond acceptors (Lipinski definition) is 7. The van der Waals surface area contributed by atoms with Gasteiger partial charge in [-0.25, -0.2) is 9.59 Å². The van der Waals surface area contributed by atoms with Crippen molar-refractivity contribution in [2.75, 3.05) is 28.4 Å². The van der Waals surface area contributed by atoms with E-state index in [1.54, 1.807) is 48.5 Å². The Bertz CT molecular complexity index is 967. The molecule has 150 valence electrons. The molecule has 7 heteroatoms. The lowest BCUT2D eigenvalue weighted by atomic mass is 9.93. The predicted molar refractivity (Wildman–Crippen MR) is 105 cm³/mol. The van der Waals surface area contributed by atoms with E-state index < -0.39 is 11.9 Å². The number of rotatable bonds is 6. The largest absolute Gasteiger partial charge is 0.496 e. The van der Waals surface area contributed by atoms with E-state index in [0.29, 0.717) is 33.8 Å². The summed E-state index contributed by atoms with van der Waals surface area (Å²) in [6.45, 7) is 0. The average Bonchev–Trinajstić information content (AvgIpc) is 3.18. The molecule has 3 rings (SSSR count). The molecule has 0 aliphatic heterocycles. The van der Waals surface area contributed by atoms with Crippen molar-refractivity contribution in [2.24, 2.45) is 0 Å². The summed E-state index contributed by atoms with van der Waals surface area (Å²) in [5.74, 6) is -0.775. The molecule has 0 saturated carbocycles. The molecule has 7 nitrogen and oxygen atoms in total. The third-order valence-electron chi connectivity index (χ3n) is 4.40. The maximum atomic E-state index is 12.5. The van der Waals surface area contributed by atoms with Crippen molar-refractivity contribution in [3.63, 3.8) is 0 Å². The van der Waals surface area contributed by atoms with Crippen molar-refractivity contribution in [2.45, 2.75) is 0 Å². The quantitative estimate of drug-likeness (QED) is 0.577. The van der Waals surface area contributed by atoms with Crippen LogP contribution in [-0.2, 0) is 9.47 Å². The van der Waals surface area contributed by atoms with Gasteiger partial charge in [-0.2, -0.15) is 0 Å². The third kappa shape index (κ3) is 3.54. The molecular formula is C22H20O7.